The smallest absolute Gasteiger partial charge is 0.188 e. The summed E-state index contributed by atoms with van der Waals surface area (Å²) in [5.74, 6) is 0.562. The first-order valence-corrected chi connectivity index (χ1v) is 8.86. The molecule has 4 rings (SSSR count). The van der Waals surface area contributed by atoms with Gasteiger partial charge < -0.3 is 10.1 Å². The zero-order valence-electron chi connectivity index (χ0n) is 15.8. The van der Waals surface area contributed by atoms with Gasteiger partial charge in [0.2, 0.25) is 0 Å². The maximum atomic E-state index is 14.2. The molecular weight excluding hydrogens is 361 g/mol. The van der Waals surface area contributed by atoms with Crippen molar-refractivity contribution >= 4 is 17.2 Å². The van der Waals surface area contributed by atoms with Gasteiger partial charge in [-0.15, -0.1) is 15.3 Å². The molecule has 1 aromatic carbocycles. The molecule has 144 valence electrons. The summed E-state index contributed by atoms with van der Waals surface area (Å²) in [6, 6.07) is 10.0. The Bertz CT molecular complexity index is 1130. The Morgan fingerprint density at radius 1 is 1.07 bits per heavy atom. The molecule has 0 bridgehead atoms. The van der Waals surface area contributed by atoms with Gasteiger partial charge in [0.05, 0.1) is 35.8 Å². The minimum absolute atomic E-state index is 0.347. The molecule has 0 amide bonds. The molecule has 9 heteroatoms. The third-order valence-corrected chi connectivity index (χ3v) is 4.52. The third-order valence-electron chi connectivity index (χ3n) is 4.52. The molecule has 0 fully saturated rings. The number of hydrogen-bond donors (Lipinski definition) is 1. The SMILES string of the molecule is COCCn1nc(C)c(Nc2ccc3nnc(-c4ccccc4F)n3n2)c1C. The highest BCUT2D eigenvalue weighted by Crippen LogP contribution is 2.25. The Labute approximate surface area is 161 Å². The van der Waals surface area contributed by atoms with E-state index in [4.69, 9.17) is 4.74 Å². The molecule has 1 N–H and O–H groups in total. The van der Waals surface area contributed by atoms with Crippen molar-refractivity contribution in [1.29, 1.82) is 0 Å². The summed E-state index contributed by atoms with van der Waals surface area (Å²) in [4.78, 5) is 0. The average molecular weight is 381 g/mol. The van der Waals surface area contributed by atoms with E-state index in [0.29, 0.717) is 36.0 Å². The molecule has 28 heavy (non-hydrogen) atoms. The monoisotopic (exact) mass is 381 g/mol. The number of aryl methyl sites for hydroxylation is 1. The fraction of sp³-hybridized carbons (Fsp3) is 0.263. The number of fused-ring (bicyclic) bond motifs is 1. The first-order chi connectivity index (χ1) is 13.6. The van der Waals surface area contributed by atoms with Crippen LogP contribution in [0, 0.1) is 19.7 Å². The van der Waals surface area contributed by atoms with E-state index in [1.54, 1.807) is 37.4 Å². The van der Waals surface area contributed by atoms with E-state index in [0.717, 1.165) is 17.1 Å². The van der Waals surface area contributed by atoms with E-state index in [1.807, 2.05) is 18.5 Å². The van der Waals surface area contributed by atoms with Crippen LogP contribution in [0.1, 0.15) is 11.4 Å². The zero-order chi connectivity index (χ0) is 19.7. The Kier molecular flexibility index (Phi) is 4.74. The quantitative estimate of drug-likeness (QED) is 0.553. The number of methoxy groups -OCH3 is 1. The summed E-state index contributed by atoms with van der Waals surface area (Å²) in [5.41, 5.74) is 3.60. The van der Waals surface area contributed by atoms with E-state index in [1.165, 1.54) is 10.6 Å². The summed E-state index contributed by atoms with van der Waals surface area (Å²) in [6.45, 7) is 5.17. The molecule has 3 heterocycles. The molecule has 0 aliphatic rings. The van der Waals surface area contributed by atoms with Crippen LogP contribution >= 0.6 is 0 Å². The summed E-state index contributed by atoms with van der Waals surface area (Å²) in [7, 11) is 1.66. The molecule has 4 aromatic rings. The number of halogens is 1. The minimum atomic E-state index is -0.372. The van der Waals surface area contributed by atoms with Crippen LogP contribution in [0.15, 0.2) is 36.4 Å². The molecule has 8 nitrogen and oxygen atoms in total. The first kappa shape index (κ1) is 18.1. The second kappa shape index (κ2) is 7.35. The van der Waals surface area contributed by atoms with Crippen molar-refractivity contribution in [2.75, 3.05) is 19.0 Å². The van der Waals surface area contributed by atoms with Crippen molar-refractivity contribution < 1.29 is 9.13 Å². The number of rotatable bonds is 6. The number of aromatic nitrogens is 6. The predicted octanol–water partition coefficient (Wildman–Crippen LogP) is 3.13. The van der Waals surface area contributed by atoms with Crippen LogP contribution in [-0.2, 0) is 11.3 Å². The lowest BCUT2D eigenvalue weighted by atomic mass is 10.2. The number of anilines is 2. The summed E-state index contributed by atoms with van der Waals surface area (Å²) >= 11 is 0. The number of ether oxygens (including phenoxy) is 1. The number of nitrogens with zero attached hydrogens (tertiary/aromatic N) is 6. The highest BCUT2D eigenvalue weighted by molar-refractivity contribution is 5.64. The molecule has 0 saturated carbocycles. The van der Waals surface area contributed by atoms with Crippen molar-refractivity contribution in [3.8, 4) is 11.4 Å². The first-order valence-electron chi connectivity index (χ1n) is 8.86. The molecule has 0 aliphatic heterocycles. The average Bonchev–Trinajstić information content (AvgIpc) is 3.22. The molecule has 0 saturated heterocycles. The van der Waals surface area contributed by atoms with Crippen molar-refractivity contribution in [2.24, 2.45) is 0 Å². The maximum absolute atomic E-state index is 14.2. The number of hydrogen-bond acceptors (Lipinski definition) is 6. The highest BCUT2D eigenvalue weighted by Gasteiger charge is 2.15. The van der Waals surface area contributed by atoms with Crippen LogP contribution in [0.4, 0.5) is 15.9 Å². The van der Waals surface area contributed by atoms with E-state index in [2.05, 4.69) is 25.7 Å². The van der Waals surface area contributed by atoms with E-state index in [-0.39, 0.29) is 5.82 Å². The minimum Gasteiger partial charge on any atom is -0.383 e. The lowest BCUT2D eigenvalue weighted by Crippen LogP contribution is -2.08. The van der Waals surface area contributed by atoms with Crippen LogP contribution in [0.25, 0.3) is 17.0 Å². The van der Waals surface area contributed by atoms with Gasteiger partial charge in [0.25, 0.3) is 0 Å². The van der Waals surface area contributed by atoms with Gasteiger partial charge in [-0.2, -0.15) is 9.61 Å². The normalized spacial score (nSPS) is 11.3. The van der Waals surface area contributed by atoms with E-state index in [9.17, 15) is 4.39 Å². The number of nitrogens with one attached hydrogen (secondary N) is 1. The Balaban J connectivity index is 1.70. The summed E-state index contributed by atoms with van der Waals surface area (Å²) in [6.07, 6.45) is 0. The highest BCUT2D eigenvalue weighted by atomic mass is 19.1. The lowest BCUT2D eigenvalue weighted by molar-refractivity contribution is 0.182. The Hall–Kier alpha value is -3.33. The largest absolute Gasteiger partial charge is 0.383 e. The van der Waals surface area contributed by atoms with Crippen LogP contribution in [-0.4, -0.2) is 43.3 Å². The fourth-order valence-corrected chi connectivity index (χ4v) is 3.07. The second-order valence-corrected chi connectivity index (χ2v) is 6.38. The third kappa shape index (κ3) is 3.20. The van der Waals surface area contributed by atoms with Crippen LogP contribution in [0.3, 0.4) is 0 Å². The van der Waals surface area contributed by atoms with E-state index < -0.39 is 0 Å². The fourth-order valence-electron chi connectivity index (χ4n) is 3.07. The molecule has 0 aliphatic carbocycles. The molecule has 0 radical (unpaired) electrons. The van der Waals surface area contributed by atoms with Gasteiger partial charge in [-0.3, -0.25) is 4.68 Å². The van der Waals surface area contributed by atoms with Gasteiger partial charge >= 0.3 is 0 Å². The van der Waals surface area contributed by atoms with Gasteiger partial charge in [-0.25, -0.2) is 4.39 Å². The Morgan fingerprint density at radius 2 is 1.89 bits per heavy atom. The van der Waals surface area contributed by atoms with E-state index >= 15 is 0 Å². The molecule has 0 unspecified atom stereocenters. The van der Waals surface area contributed by atoms with Crippen molar-refractivity contribution in [1.82, 2.24) is 29.6 Å². The van der Waals surface area contributed by atoms with Crippen molar-refractivity contribution in [3.05, 3.63) is 53.6 Å². The van der Waals surface area contributed by atoms with Gasteiger partial charge in [-0.05, 0) is 38.1 Å². The van der Waals surface area contributed by atoms with Gasteiger partial charge in [0.1, 0.15) is 5.82 Å². The van der Waals surface area contributed by atoms with Gasteiger partial charge in [-0.1, -0.05) is 12.1 Å². The molecule has 0 spiro atoms. The second-order valence-electron chi connectivity index (χ2n) is 6.38. The lowest BCUT2D eigenvalue weighted by Gasteiger charge is -2.08. The van der Waals surface area contributed by atoms with Gasteiger partial charge in [0.15, 0.2) is 17.3 Å². The van der Waals surface area contributed by atoms with Crippen LogP contribution < -0.4 is 5.32 Å². The molecule has 3 aromatic heterocycles. The topological polar surface area (TPSA) is 82.2 Å². The molecular formula is C19H20FN7O. The number of benzene rings is 1. The van der Waals surface area contributed by atoms with Crippen LogP contribution in [0.5, 0.6) is 0 Å². The van der Waals surface area contributed by atoms with Crippen molar-refractivity contribution in [2.45, 2.75) is 20.4 Å². The Morgan fingerprint density at radius 3 is 2.68 bits per heavy atom. The summed E-state index contributed by atoms with van der Waals surface area (Å²) in [5, 5.41) is 20.6. The molecule has 0 atom stereocenters. The predicted molar refractivity (Wildman–Crippen MR) is 103 cm³/mol. The standard InChI is InChI=1S/C19H20FN7O/c1-12-18(13(2)26(24-12)10-11-28-3)21-16-8-9-17-22-23-19(27(17)25-16)14-6-4-5-7-15(14)20/h4-9H,10-11H2,1-3H3,(H,21,25). The van der Waals surface area contributed by atoms with Gasteiger partial charge in [0, 0.05) is 7.11 Å². The van der Waals surface area contributed by atoms with Crippen LogP contribution in [0.2, 0.25) is 0 Å². The summed E-state index contributed by atoms with van der Waals surface area (Å²) < 4.78 is 22.7. The zero-order valence-corrected chi connectivity index (χ0v) is 15.8. The maximum Gasteiger partial charge on any atom is 0.188 e. The van der Waals surface area contributed by atoms with Crippen molar-refractivity contribution in [3.63, 3.8) is 0 Å².